The summed E-state index contributed by atoms with van der Waals surface area (Å²) in [6.45, 7) is 5.35. The fraction of sp³-hybridized carbons (Fsp3) is 0.182. The van der Waals surface area contributed by atoms with Crippen LogP contribution < -0.4 is 10.6 Å². The van der Waals surface area contributed by atoms with Gasteiger partial charge < -0.3 is 20.4 Å². The summed E-state index contributed by atoms with van der Waals surface area (Å²) in [6, 6.07) is 9.96. The van der Waals surface area contributed by atoms with Crippen molar-refractivity contribution in [3.63, 3.8) is 0 Å². The molecule has 160 valence electrons. The summed E-state index contributed by atoms with van der Waals surface area (Å²) in [4.78, 5) is 44.5. The van der Waals surface area contributed by atoms with Gasteiger partial charge in [-0.3, -0.25) is 9.59 Å². The zero-order valence-electron chi connectivity index (χ0n) is 17.2. The topological polar surface area (TPSA) is 113 Å². The number of anilines is 2. The largest absolute Gasteiger partial charge is 0.462 e. The molecule has 3 aromatic rings. The maximum atomic E-state index is 12.8. The number of H-pyrrole nitrogens is 1. The van der Waals surface area contributed by atoms with Gasteiger partial charge in [-0.1, -0.05) is 6.07 Å². The predicted octanol–water partition coefficient (Wildman–Crippen LogP) is 4.47. The molecule has 0 aliphatic rings. The van der Waals surface area contributed by atoms with Gasteiger partial charge in [0.05, 0.1) is 12.2 Å². The number of pyridine rings is 1. The van der Waals surface area contributed by atoms with Gasteiger partial charge in [0, 0.05) is 27.6 Å². The highest BCUT2D eigenvalue weighted by atomic mass is 79.9. The van der Waals surface area contributed by atoms with Gasteiger partial charge in [-0.05, 0) is 72.6 Å². The predicted molar refractivity (Wildman–Crippen MR) is 121 cm³/mol. The van der Waals surface area contributed by atoms with Gasteiger partial charge in [0.25, 0.3) is 11.8 Å². The number of hydrogen-bond donors (Lipinski definition) is 3. The number of nitrogens with zero attached hydrogens (tertiary/aromatic N) is 1. The number of rotatable bonds is 6. The summed E-state index contributed by atoms with van der Waals surface area (Å²) < 4.78 is 5.86. The molecule has 0 bridgehead atoms. The molecule has 2 aromatic heterocycles. The maximum Gasteiger partial charge on any atom is 0.340 e. The fourth-order valence-corrected chi connectivity index (χ4v) is 3.29. The van der Waals surface area contributed by atoms with E-state index in [0.717, 1.165) is 4.47 Å². The van der Waals surface area contributed by atoms with Crippen molar-refractivity contribution in [2.75, 3.05) is 17.2 Å². The quantitative estimate of drug-likeness (QED) is 0.446. The lowest BCUT2D eigenvalue weighted by atomic mass is 10.1. The van der Waals surface area contributed by atoms with E-state index < -0.39 is 11.9 Å². The Morgan fingerprint density at radius 2 is 1.87 bits per heavy atom. The van der Waals surface area contributed by atoms with Crippen molar-refractivity contribution in [2.24, 2.45) is 0 Å². The zero-order valence-corrected chi connectivity index (χ0v) is 18.8. The Morgan fingerprint density at radius 1 is 1.10 bits per heavy atom. The highest BCUT2D eigenvalue weighted by Crippen LogP contribution is 2.21. The molecular weight excluding hydrogens is 464 g/mol. The first-order valence-corrected chi connectivity index (χ1v) is 10.3. The fourth-order valence-electron chi connectivity index (χ4n) is 3.06. The van der Waals surface area contributed by atoms with Crippen LogP contribution in [0.1, 0.15) is 49.4 Å². The molecule has 0 saturated heterocycles. The van der Waals surface area contributed by atoms with Gasteiger partial charge in [-0.25, -0.2) is 9.78 Å². The molecule has 0 atom stereocenters. The Bertz CT molecular complexity index is 1140. The number of aromatic nitrogens is 2. The number of aromatic amines is 1. The first-order valence-electron chi connectivity index (χ1n) is 9.50. The van der Waals surface area contributed by atoms with Crippen molar-refractivity contribution >= 4 is 45.2 Å². The highest BCUT2D eigenvalue weighted by molar-refractivity contribution is 9.10. The van der Waals surface area contributed by atoms with Crippen molar-refractivity contribution in [2.45, 2.75) is 20.8 Å². The number of amides is 2. The Hall–Kier alpha value is -3.46. The number of esters is 1. The third-order valence-electron chi connectivity index (χ3n) is 4.50. The van der Waals surface area contributed by atoms with Crippen LogP contribution in [0.25, 0.3) is 0 Å². The van der Waals surface area contributed by atoms with Crippen LogP contribution in [0, 0.1) is 13.8 Å². The number of carbonyl (C=O) groups excluding carboxylic acids is 3. The van der Waals surface area contributed by atoms with Crippen molar-refractivity contribution in [1.29, 1.82) is 0 Å². The van der Waals surface area contributed by atoms with Crippen LogP contribution in [0.5, 0.6) is 0 Å². The summed E-state index contributed by atoms with van der Waals surface area (Å²) in [6.07, 6.45) is 1.58. The van der Waals surface area contributed by atoms with E-state index in [4.69, 9.17) is 4.74 Å². The van der Waals surface area contributed by atoms with Gasteiger partial charge in [0.1, 0.15) is 11.5 Å². The molecule has 1 aromatic carbocycles. The molecule has 2 heterocycles. The third kappa shape index (κ3) is 5.18. The molecule has 9 heteroatoms. The molecule has 0 aliphatic heterocycles. The van der Waals surface area contributed by atoms with E-state index in [-0.39, 0.29) is 18.2 Å². The summed E-state index contributed by atoms with van der Waals surface area (Å²) in [5.41, 5.74) is 2.45. The van der Waals surface area contributed by atoms with E-state index in [0.29, 0.717) is 33.9 Å². The highest BCUT2D eigenvalue weighted by Gasteiger charge is 2.23. The number of carbonyl (C=O) groups is 3. The Kier molecular flexibility index (Phi) is 6.86. The maximum absolute atomic E-state index is 12.8. The smallest absolute Gasteiger partial charge is 0.340 e. The molecule has 3 N–H and O–H groups in total. The molecule has 2 amide bonds. The number of ether oxygens (including phenoxy) is 1. The van der Waals surface area contributed by atoms with Gasteiger partial charge in [-0.15, -0.1) is 0 Å². The van der Waals surface area contributed by atoms with E-state index >= 15 is 0 Å². The normalized spacial score (nSPS) is 10.5. The number of aryl methyl sites for hydroxylation is 1. The first-order chi connectivity index (χ1) is 14.8. The molecule has 0 fully saturated rings. The zero-order chi connectivity index (χ0) is 22.5. The first kappa shape index (κ1) is 22.2. The van der Waals surface area contributed by atoms with E-state index in [9.17, 15) is 14.4 Å². The average molecular weight is 485 g/mol. The van der Waals surface area contributed by atoms with Crippen molar-refractivity contribution < 1.29 is 19.1 Å². The molecule has 8 nitrogen and oxygen atoms in total. The number of hydrogen-bond acceptors (Lipinski definition) is 5. The van der Waals surface area contributed by atoms with Crippen LogP contribution in [0.4, 0.5) is 11.5 Å². The second-order valence-electron chi connectivity index (χ2n) is 6.70. The Balaban J connectivity index is 1.76. The molecule has 31 heavy (non-hydrogen) atoms. The number of halogens is 1. The lowest BCUT2D eigenvalue weighted by Crippen LogP contribution is -2.16. The van der Waals surface area contributed by atoms with Crippen LogP contribution in [-0.4, -0.2) is 34.4 Å². The summed E-state index contributed by atoms with van der Waals surface area (Å²) >= 11 is 3.29. The van der Waals surface area contributed by atoms with E-state index in [1.165, 1.54) is 0 Å². The molecule has 0 aliphatic carbocycles. The Labute approximate surface area is 187 Å². The molecule has 0 radical (unpaired) electrons. The third-order valence-corrected chi connectivity index (χ3v) is 4.96. The summed E-state index contributed by atoms with van der Waals surface area (Å²) in [5, 5.41) is 5.45. The van der Waals surface area contributed by atoms with Crippen LogP contribution in [0.15, 0.2) is 47.1 Å². The van der Waals surface area contributed by atoms with Gasteiger partial charge in [0.2, 0.25) is 0 Å². The van der Waals surface area contributed by atoms with Crippen LogP contribution in [-0.2, 0) is 4.74 Å². The summed E-state index contributed by atoms with van der Waals surface area (Å²) in [7, 11) is 0. The Morgan fingerprint density at radius 3 is 2.55 bits per heavy atom. The minimum absolute atomic E-state index is 0.245. The molecule has 3 rings (SSSR count). The second kappa shape index (κ2) is 9.57. The minimum Gasteiger partial charge on any atom is -0.462 e. The lowest BCUT2D eigenvalue weighted by molar-refractivity contribution is 0.0525. The van der Waals surface area contributed by atoms with Crippen molar-refractivity contribution in [1.82, 2.24) is 9.97 Å². The van der Waals surface area contributed by atoms with Crippen LogP contribution >= 0.6 is 15.9 Å². The van der Waals surface area contributed by atoms with Gasteiger partial charge in [0.15, 0.2) is 0 Å². The lowest BCUT2D eigenvalue weighted by Gasteiger charge is -2.08. The molecule has 0 unspecified atom stereocenters. The SMILES string of the molecule is CCOC(=O)c1c(C)[nH]c(C(=O)Nc2cccc(C(=O)Nc3ccc(Br)cn3)c2)c1C. The van der Waals surface area contributed by atoms with Crippen molar-refractivity contribution in [3.8, 4) is 0 Å². The molecular formula is C22H21BrN4O4. The average Bonchev–Trinajstić information content (AvgIpc) is 3.04. The van der Waals surface area contributed by atoms with E-state index in [1.807, 2.05) is 0 Å². The minimum atomic E-state index is -0.479. The van der Waals surface area contributed by atoms with E-state index in [1.54, 1.807) is 63.4 Å². The number of nitrogens with one attached hydrogen (secondary N) is 3. The second-order valence-corrected chi connectivity index (χ2v) is 7.61. The van der Waals surface area contributed by atoms with Gasteiger partial charge >= 0.3 is 5.97 Å². The molecule has 0 spiro atoms. The van der Waals surface area contributed by atoms with Crippen molar-refractivity contribution in [3.05, 3.63) is 75.1 Å². The molecule has 0 saturated carbocycles. The standard InChI is InChI=1S/C22H21BrN4O4/c1-4-31-22(30)18-12(2)19(25-13(18)3)21(29)26-16-7-5-6-14(10-16)20(28)27-17-9-8-15(23)11-24-17/h5-11,25H,4H2,1-3H3,(H,26,29)(H,24,27,28). The number of benzene rings is 1. The monoisotopic (exact) mass is 484 g/mol. The van der Waals surface area contributed by atoms with E-state index in [2.05, 4.69) is 36.5 Å². The van der Waals surface area contributed by atoms with Crippen LogP contribution in [0.2, 0.25) is 0 Å². The summed E-state index contributed by atoms with van der Waals surface area (Å²) in [5.74, 6) is -0.856. The van der Waals surface area contributed by atoms with Crippen LogP contribution in [0.3, 0.4) is 0 Å². The van der Waals surface area contributed by atoms with Gasteiger partial charge in [-0.2, -0.15) is 0 Å².